The van der Waals surface area contributed by atoms with Gasteiger partial charge in [-0.3, -0.25) is 0 Å². The quantitative estimate of drug-likeness (QED) is 0.0128. The van der Waals surface area contributed by atoms with E-state index in [0.29, 0.717) is 78.4 Å². The molecule has 7 aromatic rings. The third-order valence-electron chi connectivity index (χ3n) is 11.7. The predicted molar refractivity (Wildman–Crippen MR) is 373 cm³/mol. The van der Waals surface area contributed by atoms with Crippen molar-refractivity contribution in [2.24, 2.45) is 0 Å². The first-order chi connectivity index (χ1) is 45.2. The molecule has 6 amide bonds. The average Bonchev–Trinajstić information content (AvgIpc) is 0.845. The second-order valence-electron chi connectivity index (χ2n) is 18.7. The van der Waals surface area contributed by atoms with E-state index in [2.05, 4.69) is 71.4 Å². The molecule has 0 saturated heterocycles. The summed E-state index contributed by atoms with van der Waals surface area (Å²) in [6.07, 6.45) is 26.2. The van der Waals surface area contributed by atoms with Gasteiger partial charge in [-0.15, -0.1) is 0 Å². The number of carbonyl (C=O) groups excluding carboxylic acids is 6. The summed E-state index contributed by atoms with van der Waals surface area (Å²) >= 11 is -12.9. The molecule has 0 aliphatic heterocycles. The molecule has 21 heteroatoms. The molecule has 0 bridgehead atoms. The molecule has 0 atom stereocenters. The number of allylic oxidation sites excluding steroid dienone is 12. The summed E-state index contributed by atoms with van der Waals surface area (Å²) in [6, 6.07) is 46.8. The monoisotopic (exact) mass is 1830 g/mol. The van der Waals surface area contributed by atoms with Crippen molar-refractivity contribution in [2.75, 3.05) is 31.9 Å². The van der Waals surface area contributed by atoms with Gasteiger partial charge in [0.15, 0.2) is 0 Å². The summed E-state index contributed by atoms with van der Waals surface area (Å²) in [6.45, 7) is 21.8. The summed E-state index contributed by atoms with van der Waals surface area (Å²) in [5.74, 6) is 0.288. The Morgan fingerprint density at radius 2 is 0.387 bits per heavy atom. The fourth-order valence-corrected chi connectivity index (χ4v) is 28.5. The predicted octanol–water partition coefficient (Wildman–Crippen LogP) is 11.3. The Labute approximate surface area is 566 Å². The number of hydrogen-bond donors (Lipinski definition) is 6. The zero-order valence-electron chi connectivity index (χ0n) is 50.0. The van der Waals surface area contributed by atoms with Crippen LogP contribution in [0.15, 0.2) is 313 Å². The van der Waals surface area contributed by atoms with Gasteiger partial charge in [-0.05, 0) is 0 Å². The minimum absolute atomic E-state index is 0.364. The Bertz CT molecular complexity index is 3340. The van der Waals surface area contributed by atoms with E-state index in [0.717, 1.165) is 0 Å². The third kappa shape index (κ3) is 24.4. The Balaban J connectivity index is 1.42. The topological polar surface area (TPSA) is 230 Å². The van der Waals surface area contributed by atoms with Crippen molar-refractivity contribution >= 4 is 147 Å². The van der Waals surface area contributed by atoms with Gasteiger partial charge >= 0.3 is 572 Å². The minimum atomic E-state index is -4.30. The molecule has 0 aliphatic carbocycles. The van der Waals surface area contributed by atoms with Crippen molar-refractivity contribution in [1.29, 1.82) is 0 Å². The first-order valence-corrected chi connectivity index (χ1v) is 41.8. The summed E-state index contributed by atoms with van der Waals surface area (Å²) in [4.78, 5) is 76.2. The molecule has 0 fully saturated rings. The van der Waals surface area contributed by atoms with Crippen molar-refractivity contribution in [3.05, 3.63) is 313 Å². The molecule has 0 aliphatic rings. The zero-order chi connectivity index (χ0) is 66.2. The Morgan fingerprint density at radius 3 is 0.516 bits per heavy atom. The molecule has 0 spiro atoms. The first kappa shape index (κ1) is 70.2. The van der Waals surface area contributed by atoms with Crippen LogP contribution in [0.1, 0.15) is 0 Å². The van der Waals surface area contributed by atoms with E-state index in [9.17, 15) is 28.8 Å². The SMILES string of the molecule is C=CC=CC(=O)Nc1ccc([O][Bi]([O]c2ccc(NC(=O)C=CC=C)cc2)[c]2c[c]([Bi]([O]c3ccc(NC(=O)C=CC=C)cc3)[O]c3ccc(NC(=O)C=CC=C)cc3)c[c]([Bi]([O]c3ccc(NC(=O)C=CC=C)cc3)[O]c3ccc(NC(=O)C=CC=C)cc3)c2)cc1. The maximum absolute atomic E-state index is 12.7. The Morgan fingerprint density at radius 1 is 0.247 bits per heavy atom. The summed E-state index contributed by atoms with van der Waals surface area (Å²) in [5, 5.41) is 17.0. The van der Waals surface area contributed by atoms with Gasteiger partial charge in [-0.1, -0.05) is 0 Å². The van der Waals surface area contributed by atoms with E-state index in [1.807, 2.05) is 18.2 Å². The van der Waals surface area contributed by atoms with Crippen LogP contribution in [-0.2, 0) is 28.8 Å². The van der Waals surface area contributed by atoms with Crippen LogP contribution in [0.4, 0.5) is 34.1 Å². The van der Waals surface area contributed by atoms with Crippen LogP contribution >= 0.6 is 0 Å². The van der Waals surface area contributed by atoms with Gasteiger partial charge in [0.05, 0.1) is 0 Å². The second kappa shape index (κ2) is 37.8. The fourth-order valence-electron chi connectivity index (χ4n) is 7.47. The van der Waals surface area contributed by atoms with Crippen molar-refractivity contribution < 1.29 is 45.6 Å². The maximum atomic E-state index is 12.7. The molecule has 0 unspecified atom stereocenters. The number of benzene rings is 7. The molecule has 468 valence electrons. The van der Waals surface area contributed by atoms with E-state index in [1.165, 1.54) is 109 Å². The first-order valence-electron chi connectivity index (χ1n) is 28.1. The number of amides is 6. The van der Waals surface area contributed by atoms with Crippen molar-refractivity contribution in [3.8, 4) is 34.5 Å². The van der Waals surface area contributed by atoms with Crippen LogP contribution in [0, 0.1) is 0 Å². The van der Waals surface area contributed by atoms with Gasteiger partial charge in [-0.2, -0.15) is 0 Å². The molecule has 6 N–H and O–H groups in total. The number of nitrogens with one attached hydrogen (secondary N) is 6. The third-order valence-corrected chi connectivity index (χ3v) is 28.4. The summed E-state index contributed by atoms with van der Waals surface area (Å²) in [7, 11) is 0. The fraction of sp³-hybridized carbons (Fsp3) is 0. The number of anilines is 6. The van der Waals surface area contributed by atoms with E-state index >= 15 is 0 Å². The van der Waals surface area contributed by atoms with Gasteiger partial charge in [-0.25, -0.2) is 0 Å². The molecular formula is C72H63Bi3N6O12. The molecule has 18 nitrogen and oxygen atoms in total. The van der Waals surface area contributed by atoms with E-state index in [-0.39, 0.29) is 35.4 Å². The standard InChI is InChI=1S/6C11H11NO2.C6H3.3Bi/c6*1-2-3-4-11(14)12-9-5-7-10(13)8-6-9;1-2-4-6-5-3-1;;;/h6*2-8,13H,1H2,(H,12,14);1,4-5H;;;/q;;;;;;;3*+2/p-6. The number of rotatable bonds is 33. The van der Waals surface area contributed by atoms with Gasteiger partial charge in [0.2, 0.25) is 0 Å². The van der Waals surface area contributed by atoms with Crippen LogP contribution in [-0.4, -0.2) is 103 Å². The molecule has 7 rings (SSSR count). The van der Waals surface area contributed by atoms with E-state index in [1.54, 1.807) is 146 Å². The van der Waals surface area contributed by atoms with Crippen molar-refractivity contribution in [1.82, 2.24) is 0 Å². The number of carbonyl (C=O) groups is 6. The molecule has 0 radical (unpaired) electrons. The van der Waals surface area contributed by atoms with Gasteiger partial charge in [0.25, 0.3) is 0 Å². The van der Waals surface area contributed by atoms with E-state index in [4.69, 9.17) is 16.9 Å². The van der Waals surface area contributed by atoms with Gasteiger partial charge < -0.3 is 0 Å². The van der Waals surface area contributed by atoms with Crippen LogP contribution in [0.5, 0.6) is 34.5 Å². The van der Waals surface area contributed by atoms with E-state index < -0.39 is 67.9 Å². The van der Waals surface area contributed by atoms with Crippen LogP contribution < -0.4 is 58.6 Å². The molecule has 0 heterocycles. The molecular weight excluding hydrogens is 1770 g/mol. The molecule has 0 aromatic heterocycles. The summed E-state index contributed by atoms with van der Waals surface area (Å²) in [5.41, 5.74) is 2.97. The zero-order valence-corrected chi connectivity index (χ0v) is 60.4. The molecule has 93 heavy (non-hydrogen) atoms. The molecule has 0 saturated carbocycles. The van der Waals surface area contributed by atoms with Crippen LogP contribution in [0.2, 0.25) is 0 Å². The van der Waals surface area contributed by atoms with Gasteiger partial charge in [0.1, 0.15) is 0 Å². The van der Waals surface area contributed by atoms with Crippen LogP contribution in [0.3, 0.4) is 0 Å². The molecule has 7 aromatic carbocycles. The Hall–Kier alpha value is -10.3. The Kier molecular flexibility index (Phi) is 28.5. The van der Waals surface area contributed by atoms with Crippen molar-refractivity contribution in [3.63, 3.8) is 0 Å². The summed E-state index contributed by atoms with van der Waals surface area (Å²) < 4.78 is 44.2. The average molecular weight is 1830 g/mol. The van der Waals surface area contributed by atoms with Gasteiger partial charge in [0, 0.05) is 0 Å². The normalized spacial score (nSPS) is 11.1. The van der Waals surface area contributed by atoms with Crippen LogP contribution in [0.25, 0.3) is 0 Å². The van der Waals surface area contributed by atoms with Crippen molar-refractivity contribution in [2.45, 2.75) is 0 Å². The number of hydrogen-bond acceptors (Lipinski definition) is 12. The second-order valence-corrected chi connectivity index (χ2v) is 35.0.